The van der Waals surface area contributed by atoms with E-state index in [1.165, 1.54) is 12.3 Å². The number of nitrogens with two attached hydrogens (primary N) is 1. The Morgan fingerprint density at radius 1 is 1.06 bits per heavy atom. The summed E-state index contributed by atoms with van der Waals surface area (Å²) in [5.41, 5.74) is 4.52. The Kier molecular flexibility index (Phi) is 7.66. The number of aliphatic hydroxyl groups excluding tert-OH is 6. The van der Waals surface area contributed by atoms with Crippen LogP contribution in [0.5, 0.6) is 0 Å². The second kappa shape index (κ2) is 9.76. The minimum absolute atomic E-state index is 0.0780. The van der Waals surface area contributed by atoms with Crippen LogP contribution in [0.15, 0.2) is 17.1 Å². The van der Waals surface area contributed by atoms with Crippen molar-refractivity contribution in [2.45, 2.75) is 55.2 Å². The van der Waals surface area contributed by atoms with Crippen LogP contribution in [0, 0.1) is 0 Å². The summed E-state index contributed by atoms with van der Waals surface area (Å²) in [4.78, 5) is 25.3. The molecular formula is C15H24N3O13P. The zero-order chi connectivity index (χ0) is 23.8. The van der Waals surface area contributed by atoms with Gasteiger partial charge in [0.1, 0.15) is 48.5 Å². The molecule has 2 fully saturated rings. The molecule has 2 aliphatic heterocycles. The van der Waals surface area contributed by atoms with E-state index >= 15 is 0 Å². The van der Waals surface area contributed by atoms with Gasteiger partial charge in [0, 0.05) is 6.20 Å². The third-order valence-corrected chi connectivity index (χ3v) is 5.90. The smallest absolute Gasteiger partial charge is 0.394 e. The van der Waals surface area contributed by atoms with E-state index in [0.717, 1.165) is 4.57 Å². The van der Waals surface area contributed by atoms with E-state index in [-0.39, 0.29) is 5.82 Å². The van der Waals surface area contributed by atoms with Crippen molar-refractivity contribution in [1.82, 2.24) is 9.55 Å². The molecule has 17 heteroatoms. The van der Waals surface area contributed by atoms with Gasteiger partial charge in [-0.1, -0.05) is 0 Å². The molecule has 1 aromatic heterocycles. The highest BCUT2D eigenvalue weighted by atomic mass is 31.2. The van der Waals surface area contributed by atoms with Crippen LogP contribution < -0.4 is 11.4 Å². The van der Waals surface area contributed by atoms with E-state index in [0.29, 0.717) is 0 Å². The number of aliphatic hydroxyl groups is 6. The highest BCUT2D eigenvalue weighted by molar-refractivity contribution is 7.47. The fourth-order valence-corrected chi connectivity index (χ4v) is 4.03. The monoisotopic (exact) mass is 485 g/mol. The summed E-state index contributed by atoms with van der Waals surface area (Å²) in [5, 5.41) is 58.7. The predicted octanol–water partition coefficient (Wildman–Crippen LogP) is -4.62. The maximum absolute atomic E-state index is 12.2. The summed E-state index contributed by atoms with van der Waals surface area (Å²) in [6.45, 7) is -1.60. The molecule has 2 saturated heterocycles. The summed E-state index contributed by atoms with van der Waals surface area (Å²) < 4.78 is 32.8. The van der Waals surface area contributed by atoms with Gasteiger partial charge in [-0.2, -0.15) is 4.98 Å². The number of anilines is 1. The highest BCUT2D eigenvalue weighted by Crippen LogP contribution is 2.47. The Bertz CT molecular complexity index is 900. The van der Waals surface area contributed by atoms with Gasteiger partial charge in [-0.15, -0.1) is 0 Å². The molecule has 182 valence electrons. The van der Waals surface area contributed by atoms with Gasteiger partial charge < -0.3 is 50.7 Å². The molecular weight excluding hydrogens is 461 g/mol. The molecule has 32 heavy (non-hydrogen) atoms. The van der Waals surface area contributed by atoms with Crippen molar-refractivity contribution in [2.75, 3.05) is 18.9 Å². The van der Waals surface area contributed by atoms with E-state index in [1.807, 2.05) is 0 Å². The number of hydrogen-bond donors (Lipinski definition) is 8. The minimum Gasteiger partial charge on any atom is -0.394 e. The van der Waals surface area contributed by atoms with Gasteiger partial charge >= 0.3 is 13.5 Å². The molecule has 0 radical (unpaired) electrons. The molecule has 10 atom stereocenters. The number of rotatable bonds is 7. The maximum Gasteiger partial charge on any atom is 0.474 e. The molecule has 0 spiro atoms. The van der Waals surface area contributed by atoms with Crippen molar-refractivity contribution < 1.29 is 58.6 Å². The Morgan fingerprint density at radius 3 is 2.34 bits per heavy atom. The molecule has 3 rings (SSSR count). The molecule has 0 aliphatic carbocycles. The highest BCUT2D eigenvalue weighted by Gasteiger charge is 2.48. The Hall–Kier alpha value is -1.53. The number of hydrogen-bond acceptors (Lipinski definition) is 14. The fourth-order valence-electron chi connectivity index (χ4n) is 3.20. The average Bonchev–Trinajstić information content (AvgIpc) is 3.01. The Labute approximate surface area is 179 Å². The van der Waals surface area contributed by atoms with Crippen LogP contribution in [0.3, 0.4) is 0 Å². The van der Waals surface area contributed by atoms with Crippen LogP contribution in [0.4, 0.5) is 5.82 Å². The second-order valence-electron chi connectivity index (χ2n) is 7.16. The van der Waals surface area contributed by atoms with Gasteiger partial charge in [-0.25, -0.2) is 9.36 Å². The van der Waals surface area contributed by atoms with E-state index in [9.17, 15) is 39.8 Å². The quantitative estimate of drug-likeness (QED) is 0.169. The van der Waals surface area contributed by atoms with Gasteiger partial charge in [0.05, 0.1) is 13.2 Å². The first-order chi connectivity index (χ1) is 14.9. The lowest BCUT2D eigenvalue weighted by molar-refractivity contribution is -0.281. The van der Waals surface area contributed by atoms with Crippen molar-refractivity contribution in [3.8, 4) is 0 Å². The molecule has 16 nitrogen and oxygen atoms in total. The van der Waals surface area contributed by atoms with Crippen LogP contribution >= 0.6 is 7.82 Å². The Morgan fingerprint density at radius 2 is 1.72 bits per heavy atom. The topological polar surface area (TPSA) is 257 Å². The zero-order valence-electron chi connectivity index (χ0n) is 16.3. The van der Waals surface area contributed by atoms with Crippen molar-refractivity contribution in [2.24, 2.45) is 0 Å². The first-order valence-electron chi connectivity index (χ1n) is 9.27. The maximum atomic E-state index is 12.2. The predicted molar refractivity (Wildman–Crippen MR) is 99.5 cm³/mol. The van der Waals surface area contributed by atoms with Gasteiger partial charge in [-0.3, -0.25) is 13.6 Å². The SMILES string of the molecule is Nc1ccn([C@@H]2O[C@H](COP(=O)(O)O[C@H]3O[C@H](CO)[C@H](O)[C@H](O)[C@H]3O)[C@@H](O)[C@H]2O)c(=O)n1. The summed E-state index contributed by atoms with van der Waals surface area (Å²) in [6, 6.07) is 1.25. The zero-order valence-corrected chi connectivity index (χ0v) is 17.2. The van der Waals surface area contributed by atoms with E-state index in [4.69, 9.17) is 24.8 Å². The molecule has 2 aliphatic rings. The number of nitrogen functional groups attached to an aromatic ring is 1. The third-order valence-electron chi connectivity index (χ3n) is 4.95. The summed E-state index contributed by atoms with van der Waals surface area (Å²) >= 11 is 0. The summed E-state index contributed by atoms with van der Waals surface area (Å²) in [7, 11) is -5.02. The number of ether oxygens (including phenoxy) is 2. The molecule has 0 amide bonds. The van der Waals surface area contributed by atoms with Crippen molar-refractivity contribution >= 4 is 13.6 Å². The molecule has 1 aromatic rings. The second-order valence-corrected chi connectivity index (χ2v) is 8.56. The van der Waals surface area contributed by atoms with Crippen LogP contribution in [-0.2, 0) is 23.1 Å². The largest absolute Gasteiger partial charge is 0.474 e. The summed E-state index contributed by atoms with van der Waals surface area (Å²) in [6.07, 6.45) is -13.7. The molecule has 1 unspecified atom stereocenters. The minimum atomic E-state index is -5.02. The van der Waals surface area contributed by atoms with E-state index < -0.39 is 82.0 Å². The molecule has 0 bridgehead atoms. The fraction of sp³-hybridized carbons (Fsp3) is 0.733. The third kappa shape index (κ3) is 5.17. The molecule has 0 aromatic carbocycles. The van der Waals surface area contributed by atoms with Gasteiger partial charge in [0.25, 0.3) is 0 Å². The standard InChI is InChI=1S/C15H24N3O13P/c16-7-1-2-18(15(25)17-7)13-11(23)9(21)6(29-13)4-28-32(26,27)31-14-12(24)10(22)8(20)5(3-19)30-14/h1-2,5-6,8-14,19-24H,3-4H2,(H,26,27)(H2,16,17,25)/t5-,6-,8+,9-,10+,11-,12-,13-,14-/m1/s1. The van der Waals surface area contributed by atoms with E-state index in [1.54, 1.807) is 0 Å². The van der Waals surface area contributed by atoms with Gasteiger partial charge in [0.15, 0.2) is 12.5 Å². The molecule has 9 N–H and O–H groups in total. The van der Waals surface area contributed by atoms with Crippen molar-refractivity contribution in [3.63, 3.8) is 0 Å². The van der Waals surface area contributed by atoms with Crippen LogP contribution in [0.2, 0.25) is 0 Å². The van der Waals surface area contributed by atoms with Gasteiger partial charge in [0.2, 0.25) is 0 Å². The van der Waals surface area contributed by atoms with Crippen molar-refractivity contribution in [3.05, 3.63) is 22.7 Å². The Balaban J connectivity index is 1.62. The number of phosphoric acid groups is 1. The molecule has 0 saturated carbocycles. The summed E-state index contributed by atoms with van der Waals surface area (Å²) in [5.74, 6) is -0.0780. The van der Waals surface area contributed by atoms with Crippen LogP contribution in [0.25, 0.3) is 0 Å². The number of phosphoric ester groups is 1. The first-order valence-corrected chi connectivity index (χ1v) is 10.8. The number of nitrogens with zero attached hydrogens (tertiary/aromatic N) is 2. The van der Waals surface area contributed by atoms with Crippen molar-refractivity contribution in [1.29, 1.82) is 0 Å². The first kappa shape index (κ1) is 25.1. The van der Waals surface area contributed by atoms with Gasteiger partial charge in [-0.05, 0) is 6.07 Å². The lowest BCUT2D eigenvalue weighted by Crippen LogP contribution is -2.58. The van der Waals surface area contributed by atoms with Crippen LogP contribution in [-0.4, -0.2) is 107 Å². The average molecular weight is 485 g/mol. The molecule has 3 heterocycles. The lowest BCUT2D eigenvalue weighted by atomic mass is 10.00. The normalized spacial score (nSPS) is 39.7. The lowest BCUT2D eigenvalue weighted by Gasteiger charge is -2.39. The van der Waals surface area contributed by atoms with E-state index in [2.05, 4.69) is 9.51 Å². The van der Waals surface area contributed by atoms with Crippen LogP contribution in [0.1, 0.15) is 6.23 Å². The number of aromatic nitrogens is 2.